The third-order valence-corrected chi connectivity index (χ3v) is 11.3. The van der Waals surface area contributed by atoms with Gasteiger partial charge in [-0.15, -0.1) is 0 Å². The smallest absolute Gasteiger partial charge is 0.262 e. The summed E-state index contributed by atoms with van der Waals surface area (Å²) in [5.74, 6) is -1.25. The molecule has 9 rings (SSSR count). The van der Waals surface area contributed by atoms with Crippen molar-refractivity contribution >= 4 is 58.3 Å². The fourth-order valence-corrected chi connectivity index (χ4v) is 8.29. The van der Waals surface area contributed by atoms with Crippen molar-refractivity contribution in [3.8, 4) is 22.8 Å². The normalized spacial score (nSPS) is 17.9. The number of para-hydroxylation sites is 1. The van der Waals surface area contributed by atoms with Gasteiger partial charge >= 0.3 is 0 Å². The number of hydrogen-bond acceptors (Lipinski definition) is 10. The van der Waals surface area contributed by atoms with E-state index in [-0.39, 0.29) is 41.4 Å². The minimum absolute atomic E-state index is 0.0543. The van der Waals surface area contributed by atoms with Crippen molar-refractivity contribution in [2.45, 2.75) is 38.1 Å². The summed E-state index contributed by atoms with van der Waals surface area (Å²) in [4.78, 5) is 81.9. The minimum atomic E-state index is -1.02. The Morgan fingerprint density at radius 3 is 2.28 bits per heavy atom. The number of carbonyl (C=O) groups is 6. The molecular weight excluding hydrogens is 741 g/mol. The van der Waals surface area contributed by atoms with Crippen LogP contribution in [0.25, 0.3) is 11.3 Å². The maximum atomic E-state index is 13.5. The maximum absolute atomic E-state index is 13.5. The van der Waals surface area contributed by atoms with Crippen LogP contribution in [0, 0.1) is 5.92 Å². The Morgan fingerprint density at radius 2 is 1.53 bits per heavy atom. The molecule has 15 nitrogen and oxygen atoms in total. The first kappa shape index (κ1) is 36.4. The molecular formula is C43H38N8O7. The maximum Gasteiger partial charge on any atom is 0.262 e. The molecule has 4 aliphatic heterocycles. The van der Waals surface area contributed by atoms with Gasteiger partial charge in [0.2, 0.25) is 17.7 Å². The van der Waals surface area contributed by atoms with Crippen LogP contribution in [0.4, 0.5) is 22.9 Å². The Hall–Kier alpha value is -7.29. The second-order valence-corrected chi connectivity index (χ2v) is 14.8. The number of hydrogen-bond donors (Lipinski definition) is 4. The highest BCUT2D eigenvalue weighted by atomic mass is 16.5. The lowest BCUT2D eigenvalue weighted by molar-refractivity contribution is -0.136. The molecule has 5 heterocycles. The summed E-state index contributed by atoms with van der Waals surface area (Å²) in [6.45, 7) is 1.71. The molecule has 0 radical (unpaired) electrons. The largest absolute Gasteiger partial charge is 0.457 e. The third kappa shape index (κ3) is 6.59. The van der Waals surface area contributed by atoms with Crippen LogP contribution in [0.3, 0.4) is 0 Å². The predicted molar refractivity (Wildman–Crippen MR) is 213 cm³/mol. The number of primary amides is 1. The first-order valence-corrected chi connectivity index (χ1v) is 19.2. The van der Waals surface area contributed by atoms with E-state index in [1.54, 1.807) is 18.2 Å². The monoisotopic (exact) mass is 778 g/mol. The van der Waals surface area contributed by atoms with Crippen molar-refractivity contribution < 1.29 is 33.5 Å². The van der Waals surface area contributed by atoms with E-state index in [0.717, 1.165) is 21.8 Å². The molecule has 2 saturated heterocycles. The van der Waals surface area contributed by atoms with Gasteiger partial charge in [0.05, 0.1) is 11.1 Å². The Balaban J connectivity index is 0.831. The van der Waals surface area contributed by atoms with E-state index in [1.807, 2.05) is 77.7 Å². The number of nitrogens with two attached hydrogens (primary N) is 1. The van der Waals surface area contributed by atoms with E-state index >= 15 is 0 Å². The summed E-state index contributed by atoms with van der Waals surface area (Å²) in [5.41, 5.74) is 11.1. The van der Waals surface area contributed by atoms with Crippen LogP contribution in [0.1, 0.15) is 62.3 Å². The van der Waals surface area contributed by atoms with Crippen LogP contribution in [0.15, 0.2) is 91.0 Å². The number of carbonyl (C=O) groups excluding carboxylic acids is 6. The molecule has 0 saturated carbocycles. The Bertz CT molecular complexity index is 2510. The lowest BCUT2D eigenvalue weighted by atomic mass is 9.95. The molecule has 0 bridgehead atoms. The first-order valence-electron chi connectivity index (χ1n) is 19.2. The highest BCUT2D eigenvalue weighted by molar-refractivity contribution is 6.23. The number of rotatable bonds is 9. The molecule has 0 aliphatic carbocycles. The van der Waals surface area contributed by atoms with Gasteiger partial charge in [-0.3, -0.25) is 44.1 Å². The summed E-state index contributed by atoms with van der Waals surface area (Å²) in [5, 5.41) is 12.8. The third-order valence-electron chi connectivity index (χ3n) is 11.3. The quantitative estimate of drug-likeness (QED) is 0.149. The Morgan fingerprint density at radius 1 is 0.793 bits per heavy atom. The summed E-state index contributed by atoms with van der Waals surface area (Å²) < 4.78 is 5.91. The number of benzene rings is 4. The van der Waals surface area contributed by atoms with E-state index in [4.69, 9.17) is 10.5 Å². The number of H-pyrrole nitrogens is 1. The van der Waals surface area contributed by atoms with Crippen LogP contribution >= 0.6 is 0 Å². The SMILES string of the molecule is NC(=O)c1c(-c2ccc(Oc3ccccc3)cc2)n[nH]c1N1CCc2cc(NC(=O)C3CCN(c4ccc5c(c4)C(=O)N(C4CCC(=O)NC4=O)C5=O)CC3)ccc21. The van der Waals surface area contributed by atoms with E-state index in [9.17, 15) is 28.8 Å². The van der Waals surface area contributed by atoms with Crippen LogP contribution < -0.4 is 30.9 Å². The van der Waals surface area contributed by atoms with Gasteiger partial charge in [-0.25, -0.2) is 0 Å². The average molecular weight is 779 g/mol. The van der Waals surface area contributed by atoms with Gasteiger partial charge in [-0.2, -0.15) is 5.10 Å². The van der Waals surface area contributed by atoms with Crippen LogP contribution in [0.5, 0.6) is 11.5 Å². The van der Waals surface area contributed by atoms with Crippen molar-refractivity contribution in [1.82, 2.24) is 20.4 Å². The zero-order valence-electron chi connectivity index (χ0n) is 31.2. The summed E-state index contributed by atoms with van der Waals surface area (Å²) >= 11 is 0. The van der Waals surface area contributed by atoms with Crippen molar-refractivity contribution in [2.24, 2.45) is 11.7 Å². The average Bonchev–Trinajstić information content (AvgIpc) is 3.93. The number of nitrogens with zero attached hydrogens (tertiary/aromatic N) is 4. The van der Waals surface area contributed by atoms with Crippen LogP contribution in [-0.2, 0) is 20.8 Å². The summed E-state index contributed by atoms with van der Waals surface area (Å²) in [6, 6.07) is 26.5. The number of aromatic amines is 1. The number of fused-ring (bicyclic) bond motifs is 2. The van der Waals surface area contributed by atoms with Gasteiger partial charge in [-0.05, 0) is 104 Å². The highest BCUT2D eigenvalue weighted by Gasteiger charge is 2.45. The lowest BCUT2D eigenvalue weighted by Gasteiger charge is -2.33. The Labute approximate surface area is 332 Å². The lowest BCUT2D eigenvalue weighted by Crippen LogP contribution is -2.54. The summed E-state index contributed by atoms with van der Waals surface area (Å²) in [6.07, 6.45) is 1.99. The number of piperidine rings is 2. The first-order chi connectivity index (χ1) is 28.1. The number of ether oxygens (including phenoxy) is 1. The molecule has 4 aromatic carbocycles. The molecule has 5 N–H and O–H groups in total. The molecule has 1 unspecified atom stereocenters. The number of amides is 6. The highest BCUT2D eigenvalue weighted by Crippen LogP contribution is 2.40. The molecule has 6 amide bonds. The zero-order valence-corrected chi connectivity index (χ0v) is 31.2. The molecule has 0 spiro atoms. The van der Waals surface area contributed by atoms with Crippen molar-refractivity contribution in [3.05, 3.63) is 113 Å². The molecule has 58 heavy (non-hydrogen) atoms. The van der Waals surface area contributed by atoms with Gasteiger partial charge in [0, 0.05) is 54.6 Å². The van der Waals surface area contributed by atoms with Gasteiger partial charge in [0.25, 0.3) is 17.7 Å². The van der Waals surface area contributed by atoms with Gasteiger partial charge in [0.1, 0.15) is 34.6 Å². The van der Waals surface area contributed by atoms with Gasteiger partial charge in [0.15, 0.2) is 0 Å². The molecule has 15 heteroatoms. The van der Waals surface area contributed by atoms with Gasteiger partial charge in [-0.1, -0.05) is 18.2 Å². The van der Waals surface area contributed by atoms with Crippen LogP contribution in [-0.4, -0.2) is 76.2 Å². The molecule has 2 fully saturated rings. The number of imide groups is 2. The summed E-state index contributed by atoms with van der Waals surface area (Å²) in [7, 11) is 0. The van der Waals surface area contributed by atoms with E-state index < -0.39 is 35.6 Å². The molecule has 1 aromatic heterocycles. The predicted octanol–water partition coefficient (Wildman–Crippen LogP) is 4.92. The standard InChI is InChI=1S/C43H38N8O7/c44-38(53)36-37(24-6-10-30(11-7-24)58-29-4-2-1-3-5-29)47-48-39(36)50-21-18-26-22-27(8-13-33(26)50)45-40(54)25-16-19-49(20-17-25)28-9-12-31-32(23-28)43(57)51(42(31)56)34-14-15-35(52)46-41(34)55/h1-13,22-23,25,34H,14-21H2,(H2,44,53)(H,45,54)(H,47,48)(H,46,52,55). The number of nitrogens with one attached hydrogen (secondary N) is 3. The Kier molecular flexibility index (Phi) is 9.19. The van der Waals surface area contributed by atoms with Gasteiger partial charge < -0.3 is 25.6 Å². The fraction of sp³-hybridized carbons (Fsp3) is 0.233. The molecule has 5 aromatic rings. The van der Waals surface area contributed by atoms with E-state index in [2.05, 4.69) is 25.7 Å². The van der Waals surface area contributed by atoms with E-state index in [1.165, 1.54) is 0 Å². The van der Waals surface area contributed by atoms with Crippen molar-refractivity contribution in [3.63, 3.8) is 0 Å². The van der Waals surface area contributed by atoms with Crippen molar-refractivity contribution in [2.75, 3.05) is 34.8 Å². The zero-order chi connectivity index (χ0) is 40.1. The molecule has 292 valence electrons. The topological polar surface area (TPSA) is 200 Å². The number of anilines is 4. The second kappa shape index (κ2) is 14.7. The van der Waals surface area contributed by atoms with E-state index in [0.29, 0.717) is 73.2 Å². The van der Waals surface area contributed by atoms with Crippen LogP contribution in [0.2, 0.25) is 0 Å². The fourth-order valence-electron chi connectivity index (χ4n) is 8.29. The second-order valence-electron chi connectivity index (χ2n) is 14.8. The molecule has 1 atom stereocenters. The minimum Gasteiger partial charge on any atom is -0.457 e. The molecule has 4 aliphatic rings. The number of aromatic nitrogens is 2. The van der Waals surface area contributed by atoms with Crippen molar-refractivity contribution in [1.29, 1.82) is 0 Å².